The van der Waals surface area contributed by atoms with Crippen LogP contribution in [0.1, 0.15) is 17.0 Å². The molecule has 3 unspecified atom stereocenters. The Kier molecular flexibility index (Phi) is 4.02. The zero-order chi connectivity index (χ0) is 15.9. The van der Waals surface area contributed by atoms with E-state index in [0.29, 0.717) is 16.5 Å². The fraction of sp³-hybridized carbons (Fsp3) is 0.294. The third-order valence-electron chi connectivity index (χ3n) is 4.33. The highest BCUT2D eigenvalue weighted by Gasteiger charge is 2.57. The maximum Gasteiger partial charge on any atom is 0.182 e. The van der Waals surface area contributed by atoms with Gasteiger partial charge in [-0.2, -0.15) is 0 Å². The van der Waals surface area contributed by atoms with Crippen LogP contribution in [0, 0.1) is 12.8 Å². The molecule has 1 aliphatic rings. The summed E-state index contributed by atoms with van der Waals surface area (Å²) < 4.78 is 25.7. The van der Waals surface area contributed by atoms with Gasteiger partial charge in [-0.15, -0.1) is 0 Å². The molecule has 0 aliphatic heterocycles. The van der Waals surface area contributed by atoms with Crippen molar-refractivity contribution in [2.24, 2.45) is 11.7 Å². The Labute approximate surface area is 136 Å². The van der Waals surface area contributed by atoms with Gasteiger partial charge in [-0.3, -0.25) is 0 Å². The van der Waals surface area contributed by atoms with Crippen LogP contribution in [0.4, 0.5) is 0 Å². The topological polar surface area (TPSA) is 60.2 Å². The summed E-state index contributed by atoms with van der Waals surface area (Å²) in [5.41, 5.74) is 8.00. The largest absolute Gasteiger partial charge is 0.330 e. The lowest BCUT2D eigenvalue weighted by molar-refractivity contribution is 0.591. The Morgan fingerprint density at radius 1 is 1.05 bits per heavy atom. The molecule has 22 heavy (non-hydrogen) atoms. The first-order valence-corrected chi connectivity index (χ1v) is 9.13. The van der Waals surface area contributed by atoms with Crippen molar-refractivity contribution < 1.29 is 8.42 Å². The molecule has 3 atom stereocenters. The van der Waals surface area contributed by atoms with Gasteiger partial charge in [0, 0.05) is 10.9 Å². The van der Waals surface area contributed by atoms with Gasteiger partial charge in [0.1, 0.15) is 0 Å². The molecule has 0 aromatic heterocycles. The van der Waals surface area contributed by atoms with Crippen molar-refractivity contribution in [1.82, 2.24) is 0 Å². The van der Waals surface area contributed by atoms with E-state index in [4.69, 9.17) is 17.3 Å². The molecule has 2 aromatic rings. The van der Waals surface area contributed by atoms with Gasteiger partial charge in [0.2, 0.25) is 0 Å². The van der Waals surface area contributed by atoms with Crippen LogP contribution in [0.25, 0.3) is 0 Å². The Bertz CT molecular complexity index is 769. The number of sulfone groups is 1. The van der Waals surface area contributed by atoms with Crippen LogP contribution in [0.2, 0.25) is 5.02 Å². The lowest BCUT2D eigenvalue weighted by Crippen LogP contribution is -2.13. The SMILES string of the molecule is Cc1ccc(C2C(CN)C2S(=O)(=O)c2ccc(Cl)cc2)cc1. The lowest BCUT2D eigenvalue weighted by atomic mass is 10.1. The molecule has 1 fully saturated rings. The second-order valence-electron chi connectivity index (χ2n) is 5.80. The molecular weight excluding hydrogens is 318 g/mol. The van der Waals surface area contributed by atoms with E-state index in [1.165, 1.54) is 0 Å². The van der Waals surface area contributed by atoms with Crippen molar-refractivity contribution in [1.29, 1.82) is 0 Å². The number of rotatable bonds is 4. The van der Waals surface area contributed by atoms with Crippen LogP contribution in [0.3, 0.4) is 0 Å². The van der Waals surface area contributed by atoms with Gasteiger partial charge in [0.15, 0.2) is 9.84 Å². The maximum atomic E-state index is 12.8. The average molecular weight is 336 g/mol. The molecular formula is C17H18ClNO2S. The number of hydrogen-bond acceptors (Lipinski definition) is 3. The van der Waals surface area contributed by atoms with Gasteiger partial charge < -0.3 is 5.73 Å². The lowest BCUT2D eigenvalue weighted by Gasteiger charge is -2.05. The first-order chi connectivity index (χ1) is 10.4. The van der Waals surface area contributed by atoms with E-state index in [0.717, 1.165) is 11.1 Å². The highest BCUT2D eigenvalue weighted by Crippen LogP contribution is 2.53. The van der Waals surface area contributed by atoms with Crippen LogP contribution in [-0.2, 0) is 9.84 Å². The van der Waals surface area contributed by atoms with E-state index >= 15 is 0 Å². The second-order valence-corrected chi connectivity index (χ2v) is 8.34. The fourth-order valence-electron chi connectivity index (χ4n) is 3.05. The van der Waals surface area contributed by atoms with Crippen molar-refractivity contribution in [3.05, 3.63) is 64.7 Å². The predicted molar refractivity (Wildman–Crippen MR) is 88.9 cm³/mol. The van der Waals surface area contributed by atoms with E-state index in [1.54, 1.807) is 24.3 Å². The Morgan fingerprint density at radius 3 is 2.18 bits per heavy atom. The van der Waals surface area contributed by atoms with Crippen molar-refractivity contribution in [3.63, 3.8) is 0 Å². The zero-order valence-electron chi connectivity index (χ0n) is 12.2. The number of nitrogens with two attached hydrogens (primary N) is 1. The summed E-state index contributed by atoms with van der Waals surface area (Å²) >= 11 is 5.84. The summed E-state index contributed by atoms with van der Waals surface area (Å²) in [7, 11) is -3.39. The summed E-state index contributed by atoms with van der Waals surface area (Å²) in [4.78, 5) is 0.315. The van der Waals surface area contributed by atoms with Gasteiger partial charge in [-0.1, -0.05) is 41.4 Å². The molecule has 0 amide bonds. The van der Waals surface area contributed by atoms with Gasteiger partial charge in [-0.25, -0.2) is 8.42 Å². The van der Waals surface area contributed by atoms with Crippen molar-refractivity contribution in [3.8, 4) is 0 Å². The monoisotopic (exact) mass is 335 g/mol. The van der Waals surface area contributed by atoms with E-state index in [2.05, 4.69) is 0 Å². The Balaban J connectivity index is 1.93. The summed E-state index contributed by atoms with van der Waals surface area (Å²) in [5, 5.41) is 0.0848. The second kappa shape index (κ2) is 5.69. The van der Waals surface area contributed by atoms with Crippen LogP contribution >= 0.6 is 11.6 Å². The minimum atomic E-state index is -3.39. The molecule has 1 aliphatic carbocycles. The molecule has 116 valence electrons. The molecule has 0 radical (unpaired) electrons. The van der Waals surface area contributed by atoms with Crippen molar-refractivity contribution >= 4 is 21.4 Å². The molecule has 0 spiro atoms. The minimum Gasteiger partial charge on any atom is -0.330 e. The van der Waals surface area contributed by atoms with Gasteiger partial charge in [0.25, 0.3) is 0 Å². The molecule has 3 rings (SSSR count). The van der Waals surface area contributed by atoms with Crippen LogP contribution in [0.15, 0.2) is 53.4 Å². The quantitative estimate of drug-likeness (QED) is 0.933. The van der Waals surface area contributed by atoms with E-state index in [-0.39, 0.29) is 11.8 Å². The van der Waals surface area contributed by atoms with Crippen LogP contribution in [-0.4, -0.2) is 20.2 Å². The van der Waals surface area contributed by atoms with Gasteiger partial charge >= 0.3 is 0 Å². The highest BCUT2D eigenvalue weighted by molar-refractivity contribution is 7.92. The smallest absolute Gasteiger partial charge is 0.182 e. The molecule has 2 N–H and O–H groups in total. The summed E-state index contributed by atoms with van der Waals surface area (Å²) in [6, 6.07) is 14.4. The minimum absolute atomic E-state index is 0.0220. The third kappa shape index (κ3) is 2.67. The first kappa shape index (κ1) is 15.5. The zero-order valence-corrected chi connectivity index (χ0v) is 13.8. The predicted octanol–water partition coefficient (Wildman–Crippen LogP) is 3.16. The van der Waals surface area contributed by atoms with E-state index < -0.39 is 15.1 Å². The van der Waals surface area contributed by atoms with Crippen LogP contribution < -0.4 is 5.73 Å². The molecule has 0 heterocycles. The number of halogens is 1. The average Bonchev–Trinajstić information content (AvgIpc) is 3.24. The molecule has 1 saturated carbocycles. The van der Waals surface area contributed by atoms with Crippen LogP contribution in [0.5, 0.6) is 0 Å². The number of aryl methyl sites for hydroxylation is 1. The molecule has 5 heteroatoms. The number of hydrogen-bond donors (Lipinski definition) is 1. The fourth-order valence-corrected chi connectivity index (χ4v) is 5.40. The Morgan fingerprint density at radius 2 is 1.64 bits per heavy atom. The first-order valence-electron chi connectivity index (χ1n) is 7.21. The molecule has 0 saturated heterocycles. The van der Waals surface area contributed by atoms with Crippen molar-refractivity contribution in [2.75, 3.05) is 6.54 Å². The molecule has 0 bridgehead atoms. The van der Waals surface area contributed by atoms with Gasteiger partial charge in [-0.05, 0) is 49.2 Å². The highest BCUT2D eigenvalue weighted by atomic mass is 35.5. The number of benzene rings is 2. The molecule has 2 aromatic carbocycles. The van der Waals surface area contributed by atoms with E-state index in [9.17, 15) is 8.42 Å². The normalized spacial score (nSPS) is 24.2. The summed E-state index contributed by atoms with van der Waals surface area (Å²) in [6.45, 7) is 2.38. The van der Waals surface area contributed by atoms with E-state index in [1.807, 2.05) is 31.2 Å². The summed E-state index contributed by atoms with van der Waals surface area (Å²) in [5.74, 6) is -0.0466. The Hall–Kier alpha value is -1.36. The molecule has 3 nitrogen and oxygen atoms in total. The maximum absolute atomic E-state index is 12.8. The van der Waals surface area contributed by atoms with Gasteiger partial charge in [0.05, 0.1) is 10.1 Å². The third-order valence-corrected chi connectivity index (χ3v) is 6.87. The standard InChI is InChI=1S/C17H18ClNO2S/c1-11-2-4-12(5-3-11)16-15(10-19)17(16)22(20,21)14-8-6-13(18)7-9-14/h2-9,15-17H,10,19H2,1H3. The summed E-state index contributed by atoms with van der Waals surface area (Å²) in [6.07, 6.45) is 0. The van der Waals surface area contributed by atoms with Crippen molar-refractivity contribution in [2.45, 2.75) is 23.0 Å².